The van der Waals surface area contributed by atoms with E-state index in [1.165, 1.54) is 0 Å². The Morgan fingerprint density at radius 1 is 0.304 bits per heavy atom. The Morgan fingerprint density at radius 3 is 0.877 bits per heavy atom. The molecule has 6 saturated heterocycles. The van der Waals surface area contributed by atoms with Gasteiger partial charge in [0.2, 0.25) is 0 Å². The molecular formula is C98H176O40. The van der Waals surface area contributed by atoms with Gasteiger partial charge in [0.05, 0.1) is 50.8 Å². The summed E-state index contributed by atoms with van der Waals surface area (Å²) in [6, 6.07) is 0. The lowest BCUT2D eigenvalue weighted by molar-refractivity contribution is -0.380. The monoisotopic (exact) mass is 1990 g/mol. The zero-order chi connectivity index (χ0) is 102. The fourth-order valence-electron chi connectivity index (χ4n) is 17.7. The Kier molecular flexibility index (Phi) is 62.7. The summed E-state index contributed by atoms with van der Waals surface area (Å²) in [6.07, 6.45) is -7.71. The Labute approximate surface area is 814 Å². The van der Waals surface area contributed by atoms with Crippen LogP contribution in [0.2, 0.25) is 0 Å². The number of ether oxygens (including phenoxy) is 16. The van der Waals surface area contributed by atoms with Crippen LogP contribution in [-0.4, -0.2) is 364 Å². The lowest BCUT2D eigenvalue weighted by Crippen LogP contribution is -2.65. The topological polar surface area (TPSA) is 614 Å². The van der Waals surface area contributed by atoms with E-state index in [1.54, 1.807) is 0 Å². The smallest absolute Gasteiger partial charge is 0.332 e. The van der Waals surface area contributed by atoms with Crippen LogP contribution in [-0.2, 0) is 105 Å². The highest BCUT2D eigenvalue weighted by Gasteiger charge is 2.56. The highest BCUT2D eigenvalue weighted by Crippen LogP contribution is 2.37. The Bertz CT molecular complexity index is 3020. The molecule has 40 nitrogen and oxygen atoms in total. The predicted octanol–water partition coefficient (Wildman–Crippen LogP) is 6.57. The summed E-state index contributed by atoms with van der Waals surface area (Å²) in [4.78, 5) is 69.9. The lowest BCUT2D eigenvalue weighted by Gasteiger charge is -2.46. The third-order valence-corrected chi connectivity index (χ3v) is 25.9. The van der Waals surface area contributed by atoms with Gasteiger partial charge in [-0.3, -0.25) is 19.2 Å². The molecule has 18 N–H and O–H groups in total. The summed E-state index contributed by atoms with van der Waals surface area (Å²) in [7, 11) is 0. The first kappa shape index (κ1) is 124. The number of rotatable bonds is 70. The van der Waals surface area contributed by atoms with Crippen molar-refractivity contribution in [1.82, 2.24) is 0 Å². The van der Waals surface area contributed by atoms with Crippen LogP contribution in [0, 0.1) is 11.8 Å². The van der Waals surface area contributed by atoms with Crippen molar-refractivity contribution in [3.63, 3.8) is 0 Å². The molecule has 6 rings (SSSR count). The minimum Gasteiger partial charge on any atom is -0.479 e. The normalized spacial score (nSPS) is 31.0. The van der Waals surface area contributed by atoms with E-state index in [-0.39, 0.29) is 50.1 Å². The van der Waals surface area contributed by atoms with Gasteiger partial charge in [-0.05, 0) is 88.9 Å². The summed E-state index contributed by atoms with van der Waals surface area (Å²) in [5.74, 6) is -5.02. The molecule has 0 aliphatic carbocycles. The van der Waals surface area contributed by atoms with Gasteiger partial charge in [0, 0.05) is 26.7 Å². The van der Waals surface area contributed by atoms with E-state index in [1.807, 2.05) is 27.7 Å². The Morgan fingerprint density at radius 2 is 0.572 bits per heavy atom. The third kappa shape index (κ3) is 47.5. The van der Waals surface area contributed by atoms with Crippen molar-refractivity contribution in [2.24, 2.45) is 11.8 Å². The lowest BCUT2D eigenvalue weighted by atomic mass is 9.98. The molecule has 0 radical (unpaired) electrons. The second-order valence-electron chi connectivity index (χ2n) is 39.2. The summed E-state index contributed by atoms with van der Waals surface area (Å²) < 4.78 is 93.8. The first-order valence-corrected chi connectivity index (χ1v) is 51.6. The number of esters is 4. The summed E-state index contributed by atoms with van der Waals surface area (Å²) >= 11 is 0. The van der Waals surface area contributed by atoms with Gasteiger partial charge in [0.1, 0.15) is 123 Å². The molecule has 0 spiro atoms. The fourth-order valence-corrected chi connectivity index (χ4v) is 17.7. The molecule has 6 heterocycles. The van der Waals surface area contributed by atoms with Gasteiger partial charge in [0.25, 0.3) is 0 Å². The average Bonchev–Trinajstić information content (AvgIpc) is 0.785. The van der Waals surface area contributed by atoms with E-state index < -0.39 is 246 Å². The number of carbonyl (C=O) groups is 6. The van der Waals surface area contributed by atoms with Gasteiger partial charge >= 0.3 is 35.8 Å². The Balaban J connectivity index is 0.000000487. The van der Waals surface area contributed by atoms with Crippen LogP contribution in [0.3, 0.4) is 0 Å². The van der Waals surface area contributed by atoms with Crippen molar-refractivity contribution in [1.29, 1.82) is 0 Å². The van der Waals surface area contributed by atoms with Gasteiger partial charge < -0.3 is 168 Å². The SMILES string of the molecule is CCCCCC[C@@H](CCC[C@H](O)CCCCCCCCCCCCC[C@@H](O)C(=O)O)O[C@H]1OC[C@H](O)[C@@H](O)[C@@H]1O[C@H]1OC[C@H](OC(C)=O)[C@@H](O)[C@@H]1O[C@H]1O[C@@H](COC(=O)CC(C)C)[C@H](O)[C@@H](O)[C@@H]1O.CCCCCC[C@H](CCC[C@H](O)CCCCCCCCCCCCC[C@@H](O)C(=O)O)O[C@H]1OC[C@H](O)[C@@H](O)[C@@H]1O[C@H]1OC[C@H](OC(C)=O)[C@@H](O)[C@@H]1O[C@H]1O[C@@H](COC(=O)CC(C)C)[C@H](O)[C@@H](O)[C@@H]1O. The van der Waals surface area contributed by atoms with Crippen molar-refractivity contribution in [2.75, 3.05) is 39.6 Å². The zero-order valence-corrected chi connectivity index (χ0v) is 83.0. The second kappa shape index (κ2) is 69.7. The van der Waals surface area contributed by atoms with Gasteiger partial charge in [-0.1, -0.05) is 234 Å². The van der Waals surface area contributed by atoms with Gasteiger partial charge in [-0.2, -0.15) is 0 Å². The zero-order valence-electron chi connectivity index (χ0n) is 83.0. The van der Waals surface area contributed by atoms with Crippen LogP contribution in [0.1, 0.15) is 338 Å². The van der Waals surface area contributed by atoms with E-state index in [9.17, 15) is 110 Å². The number of carbonyl (C=O) groups excluding carboxylic acids is 4. The number of carboxylic acid groups (broad SMARTS) is 2. The minimum atomic E-state index is -1.90. The van der Waals surface area contributed by atoms with Gasteiger partial charge in [-0.15, -0.1) is 0 Å². The standard InChI is InChI=1S/2C49H88O20/c2*1-5-6-7-18-23-33(24-20-22-32(51)21-17-15-13-11-9-8-10-12-14-16-19-25-34(52)46(60)61)66-48-44(39(55)35(53)27-63-48)69-49-45(41(57)37(29-64-49)65-31(4)50)68-47-43(59)42(58)40(56)36(67-47)28-62-38(54)26-30(2)3/h2*30,32-37,39-45,47-49,51-53,55-59H,5-29H2,1-4H3,(H,60,61)/t32-,33+,34-,35+,36+,37+,39-,40+,41-,42-,43+,44+,45+,47-,48-,49-;32-,33-,34-,35+,36+,37+,39-,40+,41-,42-,43+,44+,45+,47-,48-,49-/m11/s1. The molecule has 0 aromatic rings. The summed E-state index contributed by atoms with van der Waals surface area (Å²) in [6.45, 7) is 11.4. The molecule has 0 aromatic heterocycles. The molecule has 0 amide bonds. The summed E-state index contributed by atoms with van der Waals surface area (Å²) in [5, 5.41) is 190. The van der Waals surface area contributed by atoms with Crippen molar-refractivity contribution < 1.29 is 196 Å². The second-order valence-corrected chi connectivity index (χ2v) is 39.2. The van der Waals surface area contributed by atoms with E-state index in [4.69, 9.17) is 86.0 Å². The summed E-state index contributed by atoms with van der Waals surface area (Å²) in [5.41, 5.74) is 0. The van der Waals surface area contributed by atoms with E-state index in [2.05, 4.69) is 13.8 Å². The van der Waals surface area contributed by atoms with Crippen LogP contribution in [0.15, 0.2) is 0 Å². The van der Waals surface area contributed by atoms with E-state index in [0.717, 1.165) is 206 Å². The number of unbranched alkanes of at least 4 members (excludes halogenated alkanes) is 26. The molecule has 0 bridgehead atoms. The van der Waals surface area contributed by atoms with Crippen LogP contribution in [0.5, 0.6) is 0 Å². The molecule has 138 heavy (non-hydrogen) atoms. The third-order valence-electron chi connectivity index (χ3n) is 25.9. The van der Waals surface area contributed by atoms with Gasteiger partial charge in [-0.25, -0.2) is 9.59 Å². The highest BCUT2D eigenvalue weighted by molar-refractivity contribution is 5.72. The molecule has 6 aliphatic rings. The first-order valence-electron chi connectivity index (χ1n) is 51.6. The number of carboxylic acids is 2. The molecule has 32 atom stereocenters. The molecule has 6 fully saturated rings. The van der Waals surface area contributed by atoms with Crippen LogP contribution < -0.4 is 0 Å². The van der Waals surface area contributed by atoms with Crippen molar-refractivity contribution in [3.8, 4) is 0 Å². The van der Waals surface area contributed by atoms with E-state index in [0.29, 0.717) is 77.0 Å². The number of hydrogen-bond acceptors (Lipinski definition) is 38. The molecule has 40 heteroatoms. The maximum absolute atomic E-state index is 12.3. The molecule has 0 unspecified atom stereocenters. The number of hydrogen-bond donors (Lipinski definition) is 18. The van der Waals surface area contributed by atoms with Crippen LogP contribution >= 0.6 is 0 Å². The number of aliphatic hydroxyl groups is 16. The molecule has 0 saturated carbocycles. The molecule has 0 aromatic carbocycles. The van der Waals surface area contributed by atoms with Gasteiger partial charge in [0.15, 0.2) is 62.2 Å². The first-order chi connectivity index (χ1) is 65.8. The van der Waals surface area contributed by atoms with Crippen LogP contribution in [0.25, 0.3) is 0 Å². The number of aliphatic hydroxyl groups excluding tert-OH is 16. The Hall–Kier alpha value is -4.30. The highest BCUT2D eigenvalue weighted by atomic mass is 16.8. The number of aliphatic carboxylic acids is 2. The van der Waals surface area contributed by atoms with E-state index >= 15 is 0 Å². The van der Waals surface area contributed by atoms with Crippen LogP contribution in [0.4, 0.5) is 0 Å². The maximum atomic E-state index is 12.3. The van der Waals surface area contributed by atoms with Crippen molar-refractivity contribution >= 4 is 35.8 Å². The quantitative estimate of drug-likeness (QED) is 0.0174. The largest absolute Gasteiger partial charge is 0.479 e. The molecular weight excluding hydrogens is 1820 g/mol. The molecule has 808 valence electrons. The maximum Gasteiger partial charge on any atom is 0.332 e. The van der Waals surface area contributed by atoms with Crippen molar-refractivity contribution in [2.45, 2.75) is 534 Å². The van der Waals surface area contributed by atoms with Crippen molar-refractivity contribution in [3.05, 3.63) is 0 Å². The fraction of sp³-hybridized carbons (Fsp3) is 0.939. The minimum absolute atomic E-state index is 0.0192. The predicted molar refractivity (Wildman–Crippen MR) is 494 cm³/mol. The average molecular weight is 1990 g/mol. The molecule has 6 aliphatic heterocycles.